The molecule has 5 nitrogen and oxygen atoms in total. The third kappa shape index (κ3) is 2.62. The molecule has 1 atom stereocenters. The maximum absolute atomic E-state index is 13.7. The molecular weight excluding hydrogens is 291 g/mol. The summed E-state index contributed by atoms with van der Waals surface area (Å²) < 4.78 is 13.7. The summed E-state index contributed by atoms with van der Waals surface area (Å²) in [4.78, 5) is 16.1. The molecule has 0 fully saturated rings. The normalized spacial score (nSPS) is 12.8. The second kappa shape index (κ2) is 5.42. The summed E-state index contributed by atoms with van der Waals surface area (Å²) in [7, 11) is 0. The fraction of sp³-hybridized carbons (Fsp3) is 0.214. The van der Waals surface area contributed by atoms with Gasteiger partial charge in [0.25, 0.3) is 0 Å². The summed E-state index contributed by atoms with van der Waals surface area (Å²) in [5, 5.41) is 10.5. The van der Waals surface area contributed by atoms with E-state index in [1.807, 2.05) is 0 Å². The highest BCUT2D eigenvalue weighted by molar-refractivity contribution is 7.99. The van der Waals surface area contributed by atoms with Crippen LogP contribution in [-0.2, 0) is 0 Å². The molecule has 0 aliphatic rings. The quantitative estimate of drug-likeness (QED) is 0.728. The molecule has 3 aromatic rings. The van der Waals surface area contributed by atoms with Crippen LogP contribution >= 0.6 is 11.8 Å². The number of fused-ring (bicyclic) bond motifs is 1. The van der Waals surface area contributed by atoms with Crippen molar-refractivity contribution in [3.05, 3.63) is 41.7 Å². The van der Waals surface area contributed by atoms with Gasteiger partial charge in [-0.1, -0.05) is 11.8 Å². The zero-order valence-corrected chi connectivity index (χ0v) is 12.3. The van der Waals surface area contributed by atoms with E-state index in [-0.39, 0.29) is 5.82 Å². The lowest BCUT2D eigenvalue weighted by atomic mass is 10.1. The van der Waals surface area contributed by atoms with E-state index in [2.05, 4.69) is 19.9 Å². The molecule has 0 aliphatic heterocycles. The van der Waals surface area contributed by atoms with E-state index in [9.17, 15) is 9.50 Å². The highest BCUT2D eigenvalue weighted by Gasteiger charge is 2.15. The first-order valence-corrected chi connectivity index (χ1v) is 7.18. The smallest absolute Gasteiger partial charge is 0.181 e. The Labute approximate surface area is 124 Å². The number of hydrogen-bond donors (Lipinski definition) is 2. The van der Waals surface area contributed by atoms with Crippen LogP contribution in [0.3, 0.4) is 0 Å². The molecule has 2 aromatic heterocycles. The van der Waals surface area contributed by atoms with Crippen LogP contribution in [0.25, 0.3) is 11.2 Å². The predicted molar refractivity (Wildman–Crippen MR) is 77.6 cm³/mol. The van der Waals surface area contributed by atoms with Crippen LogP contribution in [0.2, 0.25) is 0 Å². The van der Waals surface area contributed by atoms with Gasteiger partial charge in [0.15, 0.2) is 5.65 Å². The minimum Gasteiger partial charge on any atom is -0.389 e. The number of aliphatic hydroxyl groups is 1. The zero-order valence-electron chi connectivity index (χ0n) is 11.5. The summed E-state index contributed by atoms with van der Waals surface area (Å²) in [6.45, 7) is 3.30. The number of benzene rings is 1. The predicted octanol–water partition coefficient (Wildman–Crippen LogP) is 3.00. The SMILES string of the molecule is Cc1cc(Sc2ncnc3nc[nH]c23)c([C@H](C)O)cc1F. The second-order valence-electron chi connectivity index (χ2n) is 4.70. The third-order valence-electron chi connectivity index (χ3n) is 3.14. The standard InChI is InChI=1S/C14H13FN4OS/c1-7-3-11(9(8(2)20)4-10(7)15)21-14-12-13(17-5-16-12)18-6-19-14/h3-6,8,20H,1-2H3,(H,16,17,18,19)/t8-/m0/s1. The summed E-state index contributed by atoms with van der Waals surface area (Å²) in [5.74, 6) is -0.329. The van der Waals surface area contributed by atoms with Gasteiger partial charge in [0.05, 0.1) is 12.4 Å². The summed E-state index contributed by atoms with van der Waals surface area (Å²) >= 11 is 1.35. The van der Waals surface area contributed by atoms with Crippen molar-refractivity contribution in [1.29, 1.82) is 0 Å². The van der Waals surface area contributed by atoms with Gasteiger partial charge >= 0.3 is 0 Å². The van der Waals surface area contributed by atoms with Crippen molar-refractivity contribution in [2.45, 2.75) is 29.9 Å². The van der Waals surface area contributed by atoms with Gasteiger partial charge < -0.3 is 10.1 Å². The number of aryl methyl sites for hydroxylation is 1. The van der Waals surface area contributed by atoms with Crippen LogP contribution in [0, 0.1) is 12.7 Å². The maximum atomic E-state index is 13.7. The van der Waals surface area contributed by atoms with Crippen molar-refractivity contribution in [3.63, 3.8) is 0 Å². The van der Waals surface area contributed by atoms with Gasteiger partial charge in [0, 0.05) is 4.90 Å². The first-order valence-electron chi connectivity index (χ1n) is 6.36. The molecule has 0 unspecified atom stereocenters. The third-order valence-corrected chi connectivity index (χ3v) is 4.21. The fourth-order valence-electron chi connectivity index (χ4n) is 2.01. The van der Waals surface area contributed by atoms with E-state index in [4.69, 9.17) is 0 Å². The molecular formula is C14H13FN4OS. The molecule has 2 heterocycles. The average Bonchev–Trinajstić information content (AvgIpc) is 2.91. The lowest BCUT2D eigenvalue weighted by molar-refractivity contribution is 0.196. The number of rotatable bonds is 3. The van der Waals surface area contributed by atoms with Crippen LogP contribution < -0.4 is 0 Å². The Bertz CT molecular complexity index is 803. The van der Waals surface area contributed by atoms with Crippen molar-refractivity contribution in [1.82, 2.24) is 19.9 Å². The van der Waals surface area contributed by atoms with E-state index in [0.717, 1.165) is 10.4 Å². The van der Waals surface area contributed by atoms with E-state index < -0.39 is 6.10 Å². The Balaban J connectivity index is 2.09. The number of aromatic amines is 1. The summed E-state index contributed by atoms with van der Waals surface area (Å²) in [6, 6.07) is 3.08. The van der Waals surface area contributed by atoms with Gasteiger partial charge in [-0.25, -0.2) is 19.3 Å². The van der Waals surface area contributed by atoms with Gasteiger partial charge in [-0.05, 0) is 37.1 Å². The number of hydrogen-bond acceptors (Lipinski definition) is 5. The molecule has 3 rings (SSSR count). The van der Waals surface area contributed by atoms with Crippen LogP contribution in [0.15, 0.2) is 34.7 Å². The van der Waals surface area contributed by atoms with Crippen LogP contribution in [-0.4, -0.2) is 25.0 Å². The van der Waals surface area contributed by atoms with E-state index in [0.29, 0.717) is 21.8 Å². The highest BCUT2D eigenvalue weighted by Crippen LogP contribution is 2.35. The van der Waals surface area contributed by atoms with Gasteiger partial charge in [0.2, 0.25) is 0 Å². The number of halogens is 1. The number of aliphatic hydroxyl groups excluding tert-OH is 1. The molecule has 0 saturated carbocycles. The van der Waals surface area contributed by atoms with E-state index >= 15 is 0 Å². The van der Waals surface area contributed by atoms with Crippen molar-refractivity contribution in [2.24, 2.45) is 0 Å². The minimum atomic E-state index is -0.762. The van der Waals surface area contributed by atoms with Crippen molar-refractivity contribution in [2.75, 3.05) is 0 Å². The number of nitrogens with zero attached hydrogens (tertiary/aromatic N) is 3. The van der Waals surface area contributed by atoms with Crippen LogP contribution in [0.4, 0.5) is 4.39 Å². The van der Waals surface area contributed by atoms with E-state index in [1.165, 1.54) is 24.2 Å². The molecule has 0 spiro atoms. The van der Waals surface area contributed by atoms with Crippen LogP contribution in [0.1, 0.15) is 24.2 Å². The fourth-order valence-corrected chi connectivity index (χ4v) is 3.15. The molecule has 108 valence electrons. The van der Waals surface area contributed by atoms with Crippen molar-refractivity contribution < 1.29 is 9.50 Å². The molecule has 0 aliphatic carbocycles. The summed E-state index contributed by atoms with van der Waals surface area (Å²) in [6.07, 6.45) is 2.22. The van der Waals surface area contributed by atoms with Crippen molar-refractivity contribution >= 4 is 22.9 Å². The summed E-state index contributed by atoms with van der Waals surface area (Å²) in [5.41, 5.74) is 2.36. The Kier molecular flexibility index (Phi) is 3.60. The lowest BCUT2D eigenvalue weighted by Gasteiger charge is -2.13. The molecule has 21 heavy (non-hydrogen) atoms. The topological polar surface area (TPSA) is 74.7 Å². The lowest BCUT2D eigenvalue weighted by Crippen LogP contribution is -1.98. The molecule has 1 aromatic carbocycles. The van der Waals surface area contributed by atoms with Gasteiger partial charge in [0.1, 0.15) is 22.7 Å². The Morgan fingerprint density at radius 1 is 1.29 bits per heavy atom. The molecule has 0 amide bonds. The van der Waals surface area contributed by atoms with Gasteiger partial charge in [-0.3, -0.25) is 0 Å². The second-order valence-corrected chi connectivity index (χ2v) is 5.73. The molecule has 0 saturated heterocycles. The number of nitrogens with one attached hydrogen (secondary N) is 1. The first kappa shape index (κ1) is 14.0. The Morgan fingerprint density at radius 2 is 2.10 bits per heavy atom. The highest BCUT2D eigenvalue weighted by atomic mass is 32.2. The molecule has 0 bridgehead atoms. The molecule has 7 heteroatoms. The number of aromatic nitrogens is 4. The average molecular weight is 304 g/mol. The van der Waals surface area contributed by atoms with Gasteiger partial charge in [-0.15, -0.1) is 0 Å². The van der Waals surface area contributed by atoms with E-state index in [1.54, 1.807) is 26.2 Å². The number of H-pyrrole nitrogens is 1. The number of imidazole rings is 1. The monoisotopic (exact) mass is 304 g/mol. The minimum absolute atomic E-state index is 0.329. The molecule has 2 N–H and O–H groups in total. The first-order chi connectivity index (χ1) is 10.1. The molecule has 0 radical (unpaired) electrons. The Hall–Kier alpha value is -1.99. The Morgan fingerprint density at radius 3 is 2.86 bits per heavy atom. The van der Waals surface area contributed by atoms with Gasteiger partial charge in [-0.2, -0.15) is 0 Å². The maximum Gasteiger partial charge on any atom is 0.181 e. The van der Waals surface area contributed by atoms with Crippen LogP contribution in [0.5, 0.6) is 0 Å². The largest absolute Gasteiger partial charge is 0.389 e. The van der Waals surface area contributed by atoms with Crippen molar-refractivity contribution in [3.8, 4) is 0 Å². The zero-order chi connectivity index (χ0) is 15.0.